The maximum atomic E-state index is 13.7. The summed E-state index contributed by atoms with van der Waals surface area (Å²) >= 11 is 5.84. The van der Waals surface area contributed by atoms with Gasteiger partial charge in [-0.05, 0) is 37.0 Å². The third kappa shape index (κ3) is 3.27. The van der Waals surface area contributed by atoms with Gasteiger partial charge >= 0.3 is 0 Å². The minimum atomic E-state index is -0.678. The molecule has 1 amide bonds. The van der Waals surface area contributed by atoms with Gasteiger partial charge in [-0.25, -0.2) is 9.07 Å². The van der Waals surface area contributed by atoms with Gasteiger partial charge in [-0.2, -0.15) is 5.10 Å². The summed E-state index contributed by atoms with van der Waals surface area (Å²) in [4.78, 5) is 23.9. The molecule has 1 heterocycles. The molecule has 0 spiro atoms. The highest BCUT2D eigenvalue weighted by atomic mass is 35.5. The van der Waals surface area contributed by atoms with Crippen LogP contribution in [0.3, 0.4) is 0 Å². The smallest absolute Gasteiger partial charge is 0.267 e. The number of nitrogens with one attached hydrogen (secondary N) is 1. The van der Waals surface area contributed by atoms with Gasteiger partial charge in [0.2, 0.25) is 0 Å². The number of hydrogen-bond acceptors (Lipinski definition) is 3. The fourth-order valence-electron chi connectivity index (χ4n) is 2.68. The normalized spacial score (nSPS) is 13.0. The van der Waals surface area contributed by atoms with Crippen LogP contribution in [0, 0.1) is 5.82 Å². The Labute approximate surface area is 137 Å². The molecule has 5 nitrogen and oxygen atoms in total. The Morgan fingerprint density at radius 2 is 2.22 bits per heavy atom. The quantitative estimate of drug-likeness (QED) is 0.929. The minimum absolute atomic E-state index is 0.0512. The first-order valence-electron chi connectivity index (χ1n) is 7.38. The van der Waals surface area contributed by atoms with Crippen molar-refractivity contribution in [3.63, 3.8) is 0 Å². The fourth-order valence-corrected chi connectivity index (χ4v) is 2.93. The first kappa shape index (κ1) is 15.7. The summed E-state index contributed by atoms with van der Waals surface area (Å²) in [5, 5.41) is 6.92. The van der Waals surface area contributed by atoms with E-state index < -0.39 is 11.7 Å². The van der Waals surface area contributed by atoms with Crippen LogP contribution >= 0.6 is 11.6 Å². The van der Waals surface area contributed by atoms with Gasteiger partial charge in [0.1, 0.15) is 5.82 Å². The molecular formula is C16H15ClFN3O2. The molecule has 7 heteroatoms. The largest absolute Gasteiger partial charge is 0.350 e. The van der Waals surface area contributed by atoms with Gasteiger partial charge in [0, 0.05) is 12.6 Å². The molecule has 1 aromatic heterocycles. The van der Waals surface area contributed by atoms with Crippen LogP contribution < -0.4 is 10.9 Å². The van der Waals surface area contributed by atoms with Crippen LogP contribution in [0.4, 0.5) is 4.39 Å². The minimum Gasteiger partial charge on any atom is -0.350 e. The molecule has 23 heavy (non-hydrogen) atoms. The summed E-state index contributed by atoms with van der Waals surface area (Å²) < 4.78 is 15.0. The van der Waals surface area contributed by atoms with Crippen molar-refractivity contribution in [3.8, 4) is 0 Å². The summed E-state index contributed by atoms with van der Waals surface area (Å²) in [7, 11) is 0. The van der Waals surface area contributed by atoms with Gasteiger partial charge in [0.25, 0.3) is 11.5 Å². The fraction of sp³-hybridized carbons (Fsp3) is 0.312. The Bertz CT molecular complexity index is 799. The van der Waals surface area contributed by atoms with E-state index in [1.165, 1.54) is 22.9 Å². The van der Waals surface area contributed by atoms with E-state index in [-0.39, 0.29) is 29.2 Å². The van der Waals surface area contributed by atoms with E-state index in [4.69, 9.17) is 11.6 Å². The molecule has 0 bridgehead atoms. The summed E-state index contributed by atoms with van der Waals surface area (Å²) in [5.74, 6) is -1.29. The highest BCUT2D eigenvalue weighted by Gasteiger charge is 2.16. The van der Waals surface area contributed by atoms with Crippen LogP contribution in [-0.2, 0) is 19.4 Å². The number of carbonyl (C=O) groups is 1. The van der Waals surface area contributed by atoms with Gasteiger partial charge in [0.15, 0.2) is 0 Å². The SMILES string of the molecule is O=C(NCCn1nc2c(cc1=O)CCC2)c1c(F)cccc1Cl. The molecular weight excluding hydrogens is 321 g/mol. The number of carbonyl (C=O) groups excluding carboxylic acids is 1. The summed E-state index contributed by atoms with van der Waals surface area (Å²) in [6, 6.07) is 5.66. The van der Waals surface area contributed by atoms with Crippen molar-refractivity contribution in [1.82, 2.24) is 15.1 Å². The maximum absolute atomic E-state index is 13.7. The van der Waals surface area contributed by atoms with Crippen molar-refractivity contribution in [1.29, 1.82) is 0 Å². The zero-order valence-electron chi connectivity index (χ0n) is 12.3. The zero-order chi connectivity index (χ0) is 16.4. The topological polar surface area (TPSA) is 64.0 Å². The maximum Gasteiger partial charge on any atom is 0.267 e. The first-order chi connectivity index (χ1) is 11.1. The standard InChI is InChI=1S/C16H15ClFN3O2/c17-11-4-2-5-12(18)15(11)16(23)19-7-8-21-14(22)9-10-3-1-6-13(10)20-21/h2,4-5,9H,1,3,6-8H2,(H,19,23). The van der Waals surface area contributed by atoms with E-state index in [1.54, 1.807) is 6.07 Å². The van der Waals surface area contributed by atoms with Crippen molar-refractivity contribution in [2.24, 2.45) is 0 Å². The number of hydrogen-bond donors (Lipinski definition) is 1. The molecule has 2 aromatic rings. The van der Waals surface area contributed by atoms with Crippen molar-refractivity contribution in [2.75, 3.05) is 6.54 Å². The van der Waals surface area contributed by atoms with Gasteiger partial charge in [0.05, 0.1) is 22.8 Å². The third-order valence-corrected chi connectivity index (χ3v) is 4.14. The molecule has 0 atom stereocenters. The predicted molar refractivity (Wildman–Crippen MR) is 84.3 cm³/mol. The third-order valence-electron chi connectivity index (χ3n) is 3.82. The molecule has 0 unspecified atom stereocenters. The lowest BCUT2D eigenvalue weighted by molar-refractivity contribution is 0.0948. The van der Waals surface area contributed by atoms with E-state index in [0.29, 0.717) is 0 Å². The highest BCUT2D eigenvalue weighted by molar-refractivity contribution is 6.33. The van der Waals surface area contributed by atoms with E-state index in [9.17, 15) is 14.0 Å². The predicted octanol–water partition coefficient (Wildman–Crippen LogP) is 1.95. The van der Waals surface area contributed by atoms with Crippen molar-refractivity contribution >= 4 is 17.5 Å². The molecule has 0 aliphatic heterocycles. The number of nitrogens with zero attached hydrogens (tertiary/aromatic N) is 2. The van der Waals surface area contributed by atoms with Crippen LogP contribution in [0.15, 0.2) is 29.1 Å². The number of amides is 1. The van der Waals surface area contributed by atoms with Crippen LogP contribution in [0.1, 0.15) is 28.0 Å². The lowest BCUT2D eigenvalue weighted by atomic mass is 10.2. The summed E-state index contributed by atoms with van der Waals surface area (Å²) in [6.45, 7) is 0.388. The summed E-state index contributed by atoms with van der Waals surface area (Å²) in [6.07, 6.45) is 2.77. The number of fused-ring (bicyclic) bond motifs is 1. The molecule has 1 aliphatic rings. The van der Waals surface area contributed by atoms with Crippen molar-refractivity contribution in [3.05, 3.63) is 62.3 Å². The lowest BCUT2D eigenvalue weighted by Crippen LogP contribution is -2.33. The van der Waals surface area contributed by atoms with Crippen molar-refractivity contribution < 1.29 is 9.18 Å². The second-order valence-electron chi connectivity index (χ2n) is 5.38. The molecule has 3 rings (SSSR count). The van der Waals surface area contributed by atoms with E-state index in [0.717, 1.165) is 30.5 Å². The zero-order valence-corrected chi connectivity index (χ0v) is 13.1. The Morgan fingerprint density at radius 1 is 1.39 bits per heavy atom. The molecule has 1 N–H and O–H groups in total. The molecule has 0 saturated heterocycles. The molecule has 1 aliphatic carbocycles. The molecule has 0 saturated carbocycles. The summed E-state index contributed by atoms with van der Waals surface area (Å²) in [5.41, 5.74) is 1.56. The Morgan fingerprint density at radius 3 is 3.00 bits per heavy atom. The second kappa shape index (κ2) is 6.50. The van der Waals surface area contributed by atoms with E-state index in [1.807, 2.05) is 0 Å². The van der Waals surface area contributed by atoms with Crippen LogP contribution in [-0.4, -0.2) is 22.2 Å². The van der Waals surface area contributed by atoms with Gasteiger partial charge < -0.3 is 5.32 Å². The van der Waals surface area contributed by atoms with Crippen LogP contribution in [0.5, 0.6) is 0 Å². The molecule has 1 aromatic carbocycles. The van der Waals surface area contributed by atoms with Gasteiger partial charge in [-0.3, -0.25) is 9.59 Å². The Kier molecular flexibility index (Phi) is 4.43. The number of halogens is 2. The van der Waals surface area contributed by atoms with Gasteiger partial charge in [-0.1, -0.05) is 17.7 Å². The Balaban J connectivity index is 1.66. The molecule has 0 radical (unpaired) electrons. The molecule has 120 valence electrons. The van der Waals surface area contributed by atoms with Gasteiger partial charge in [-0.15, -0.1) is 0 Å². The number of benzene rings is 1. The first-order valence-corrected chi connectivity index (χ1v) is 7.76. The average molecular weight is 336 g/mol. The van der Waals surface area contributed by atoms with Crippen molar-refractivity contribution in [2.45, 2.75) is 25.8 Å². The number of aryl methyl sites for hydroxylation is 2. The van der Waals surface area contributed by atoms with E-state index in [2.05, 4.69) is 10.4 Å². The van der Waals surface area contributed by atoms with Crippen LogP contribution in [0.25, 0.3) is 0 Å². The van der Waals surface area contributed by atoms with E-state index >= 15 is 0 Å². The number of aromatic nitrogens is 2. The number of rotatable bonds is 4. The molecule has 0 fully saturated rings. The van der Waals surface area contributed by atoms with Crippen LogP contribution in [0.2, 0.25) is 5.02 Å². The highest BCUT2D eigenvalue weighted by Crippen LogP contribution is 2.18. The average Bonchev–Trinajstić information content (AvgIpc) is 2.94. The lowest BCUT2D eigenvalue weighted by Gasteiger charge is -2.09. The monoisotopic (exact) mass is 335 g/mol. The second-order valence-corrected chi connectivity index (χ2v) is 5.79. The Hall–Kier alpha value is -2.21.